The van der Waals surface area contributed by atoms with Crippen LogP contribution in [-0.4, -0.2) is 16.7 Å². The van der Waals surface area contributed by atoms with Crippen LogP contribution in [0.15, 0.2) is 63.5 Å². The van der Waals surface area contributed by atoms with E-state index >= 15 is 0 Å². The molecular weight excluding hydrogens is 513 g/mol. The summed E-state index contributed by atoms with van der Waals surface area (Å²) in [5.74, 6) is -0.568. The highest BCUT2D eigenvalue weighted by Gasteiger charge is 2.43. The number of nitrogens with one attached hydrogen (secondary N) is 2. The molecule has 1 unspecified atom stereocenters. The number of hydrogen-bond donors (Lipinski definition) is 2. The molecule has 1 aromatic heterocycles. The third-order valence-electron chi connectivity index (χ3n) is 5.75. The number of halogens is 3. The molecule has 32 heavy (non-hydrogen) atoms. The zero-order valence-corrected chi connectivity index (χ0v) is 21.0. The Kier molecular flexibility index (Phi) is 6.23. The van der Waals surface area contributed by atoms with E-state index in [0.29, 0.717) is 51.1 Å². The van der Waals surface area contributed by atoms with E-state index in [-0.39, 0.29) is 17.1 Å². The van der Waals surface area contributed by atoms with Crippen molar-refractivity contribution in [2.24, 2.45) is 5.41 Å². The molecule has 2 N–H and O–H groups in total. The Bertz CT molecular complexity index is 1190. The van der Waals surface area contributed by atoms with Gasteiger partial charge in [-0.3, -0.25) is 9.59 Å². The Labute approximate surface area is 205 Å². The van der Waals surface area contributed by atoms with Crippen LogP contribution in [0, 0.1) is 5.41 Å². The topological polar surface area (TPSA) is 71.1 Å². The smallest absolute Gasteiger partial charge is 0.255 e. The van der Waals surface area contributed by atoms with E-state index in [9.17, 15) is 9.59 Å². The third-order valence-corrected chi connectivity index (χ3v) is 7.05. The minimum absolute atomic E-state index is 0.00404. The molecule has 4 rings (SSSR count). The van der Waals surface area contributed by atoms with Crippen molar-refractivity contribution < 1.29 is 9.59 Å². The quantitative estimate of drug-likeness (QED) is 0.478. The monoisotopic (exact) mass is 533 g/mol. The van der Waals surface area contributed by atoms with Gasteiger partial charge in [-0.25, -0.2) is 4.98 Å². The van der Waals surface area contributed by atoms with Crippen LogP contribution < -0.4 is 10.6 Å². The van der Waals surface area contributed by atoms with Gasteiger partial charge in [0, 0.05) is 45.5 Å². The van der Waals surface area contributed by atoms with Crippen molar-refractivity contribution in [1.82, 2.24) is 10.3 Å². The molecule has 0 bridgehead atoms. The summed E-state index contributed by atoms with van der Waals surface area (Å²) in [5, 5.41) is 6.90. The number of aromatic nitrogens is 1. The van der Waals surface area contributed by atoms with E-state index in [0.717, 1.165) is 10.2 Å². The molecule has 166 valence electrons. The van der Waals surface area contributed by atoms with Gasteiger partial charge in [-0.05, 0) is 58.5 Å². The molecule has 2 heterocycles. The highest BCUT2D eigenvalue weighted by Crippen LogP contribution is 2.48. The minimum atomic E-state index is -0.628. The van der Waals surface area contributed by atoms with Gasteiger partial charge in [-0.1, -0.05) is 49.2 Å². The maximum atomic E-state index is 13.5. The van der Waals surface area contributed by atoms with Crippen molar-refractivity contribution in [3.05, 3.63) is 79.2 Å². The summed E-state index contributed by atoms with van der Waals surface area (Å²) < 4.78 is 0.805. The number of amides is 1. The van der Waals surface area contributed by atoms with Gasteiger partial charge in [0.05, 0.1) is 10.0 Å². The van der Waals surface area contributed by atoms with Gasteiger partial charge in [0.1, 0.15) is 5.82 Å². The first-order chi connectivity index (χ1) is 15.1. The number of dihydropyridines is 1. The number of allylic oxidation sites excluding steroid dienone is 3. The van der Waals surface area contributed by atoms with Gasteiger partial charge < -0.3 is 10.6 Å². The molecule has 0 fully saturated rings. The Balaban J connectivity index is 1.84. The second kappa shape index (κ2) is 8.65. The van der Waals surface area contributed by atoms with Crippen molar-refractivity contribution in [1.29, 1.82) is 0 Å². The van der Waals surface area contributed by atoms with Crippen LogP contribution >= 0.6 is 39.1 Å². The molecule has 1 amide bonds. The van der Waals surface area contributed by atoms with Crippen LogP contribution in [-0.2, 0) is 9.59 Å². The summed E-state index contributed by atoms with van der Waals surface area (Å²) in [6, 6.07) is 8.79. The highest BCUT2D eigenvalue weighted by atomic mass is 79.9. The molecular formula is C24H22BrCl2N3O2. The molecule has 2 aliphatic rings. The average Bonchev–Trinajstić information content (AvgIpc) is 2.69. The number of hydrogen-bond acceptors (Lipinski definition) is 4. The lowest BCUT2D eigenvalue weighted by molar-refractivity contribution is -0.118. The number of nitrogens with zero attached hydrogens (tertiary/aromatic N) is 1. The van der Waals surface area contributed by atoms with Gasteiger partial charge in [0.25, 0.3) is 5.91 Å². The van der Waals surface area contributed by atoms with Crippen LogP contribution in [0.1, 0.15) is 45.1 Å². The van der Waals surface area contributed by atoms with Crippen molar-refractivity contribution >= 4 is 56.6 Å². The summed E-state index contributed by atoms with van der Waals surface area (Å²) in [7, 11) is 0. The van der Waals surface area contributed by atoms with Crippen LogP contribution in [0.5, 0.6) is 0 Å². The molecule has 0 radical (unpaired) electrons. The predicted molar refractivity (Wildman–Crippen MR) is 131 cm³/mol. The standard InChI is InChI=1S/C24H22BrCl2N3O2/c1-12-19(23(32)30-18-8-7-13(25)11-28-18)20(14-5-4-6-15(26)22(14)27)21-16(29-12)9-24(2,3)10-17(21)31/h4-8,11,20,29H,9-10H2,1-3H3,(H,28,30,32). The van der Waals surface area contributed by atoms with E-state index in [4.69, 9.17) is 23.2 Å². The van der Waals surface area contributed by atoms with Crippen LogP contribution in [0.3, 0.4) is 0 Å². The van der Waals surface area contributed by atoms with Crippen molar-refractivity contribution in [3.63, 3.8) is 0 Å². The maximum absolute atomic E-state index is 13.5. The summed E-state index contributed by atoms with van der Waals surface area (Å²) in [4.78, 5) is 31.1. The van der Waals surface area contributed by atoms with E-state index in [1.54, 1.807) is 30.5 Å². The van der Waals surface area contributed by atoms with Gasteiger partial charge in [-0.2, -0.15) is 0 Å². The van der Waals surface area contributed by atoms with E-state index < -0.39 is 5.92 Å². The molecule has 1 aliphatic heterocycles. The highest BCUT2D eigenvalue weighted by molar-refractivity contribution is 9.10. The normalized spacial score (nSPS) is 20.1. The summed E-state index contributed by atoms with van der Waals surface area (Å²) >= 11 is 16.3. The van der Waals surface area contributed by atoms with Gasteiger partial charge in [0.2, 0.25) is 0 Å². The summed E-state index contributed by atoms with van der Waals surface area (Å²) in [6.07, 6.45) is 2.70. The number of rotatable bonds is 3. The van der Waals surface area contributed by atoms with Crippen LogP contribution in [0.4, 0.5) is 5.82 Å². The van der Waals surface area contributed by atoms with Crippen molar-refractivity contribution in [2.45, 2.75) is 39.5 Å². The average molecular weight is 535 g/mol. The van der Waals surface area contributed by atoms with Gasteiger partial charge in [0.15, 0.2) is 5.78 Å². The lowest BCUT2D eigenvalue weighted by Crippen LogP contribution is -2.39. The molecule has 1 atom stereocenters. The number of carbonyl (C=O) groups excluding carboxylic acids is 2. The van der Waals surface area contributed by atoms with Gasteiger partial charge >= 0.3 is 0 Å². The number of pyridine rings is 1. The Morgan fingerprint density at radius 1 is 1.22 bits per heavy atom. The number of Topliss-reactive ketones (excluding diaryl/α,β-unsaturated/α-hetero) is 1. The lowest BCUT2D eigenvalue weighted by Gasteiger charge is -2.39. The second-order valence-corrected chi connectivity index (χ2v) is 10.6. The molecule has 0 saturated carbocycles. The fourth-order valence-electron chi connectivity index (χ4n) is 4.42. The first-order valence-electron chi connectivity index (χ1n) is 10.2. The summed E-state index contributed by atoms with van der Waals surface area (Å²) in [5.41, 5.74) is 2.97. The molecule has 0 spiro atoms. The fourth-order valence-corrected chi connectivity index (χ4v) is 5.08. The Morgan fingerprint density at radius 3 is 2.66 bits per heavy atom. The number of anilines is 1. The minimum Gasteiger partial charge on any atom is -0.362 e. The second-order valence-electron chi connectivity index (χ2n) is 8.89. The number of benzene rings is 1. The fraction of sp³-hybridized carbons (Fsp3) is 0.292. The molecule has 5 nitrogen and oxygen atoms in total. The largest absolute Gasteiger partial charge is 0.362 e. The molecule has 2 aromatic rings. The van der Waals surface area contributed by atoms with Gasteiger partial charge in [-0.15, -0.1) is 0 Å². The molecule has 0 saturated heterocycles. The number of ketones is 1. The van der Waals surface area contributed by atoms with Crippen LogP contribution in [0.2, 0.25) is 10.0 Å². The first-order valence-corrected chi connectivity index (χ1v) is 11.7. The van der Waals surface area contributed by atoms with E-state index in [1.165, 1.54) is 0 Å². The lowest BCUT2D eigenvalue weighted by atomic mass is 9.68. The first kappa shape index (κ1) is 23.0. The third kappa shape index (κ3) is 4.36. The SMILES string of the molecule is CC1=C(C(=O)Nc2ccc(Br)cn2)C(c2cccc(Cl)c2Cl)C2=C(CC(C)(C)CC2=O)N1. The zero-order chi connectivity index (χ0) is 23.2. The molecule has 8 heteroatoms. The Morgan fingerprint density at radius 2 is 1.97 bits per heavy atom. The molecule has 1 aliphatic carbocycles. The van der Waals surface area contributed by atoms with Crippen molar-refractivity contribution in [2.75, 3.05) is 5.32 Å². The maximum Gasteiger partial charge on any atom is 0.255 e. The van der Waals surface area contributed by atoms with E-state index in [1.807, 2.05) is 13.0 Å². The Hall–Kier alpha value is -2.15. The number of carbonyl (C=O) groups is 2. The van der Waals surface area contributed by atoms with Crippen LogP contribution in [0.25, 0.3) is 0 Å². The van der Waals surface area contributed by atoms with Crippen molar-refractivity contribution in [3.8, 4) is 0 Å². The summed E-state index contributed by atoms with van der Waals surface area (Å²) in [6.45, 7) is 5.97. The van der Waals surface area contributed by atoms with E-state index in [2.05, 4.69) is 45.4 Å². The predicted octanol–water partition coefficient (Wildman–Crippen LogP) is 6.39. The molecule has 1 aromatic carbocycles. The zero-order valence-electron chi connectivity index (χ0n) is 17.9.